The first-order valence-corrected chi connectivity index (χ1v) is 14.3. The van der Waals surface area contributed by atoms with Crippen LogP contribution in [0.5, 0.6) is 0 Å². The Kier molecular flexibility index (Phi) is 11.7. The number of carbonyl (C=O) groups is 1. The van der Waals surface area contributed by atoms with Gasteiger partial charge in [-0.15, -0.1) is 0 Å². The van der Waals surface area contributed by atoms with Gasteiger partial charge in [0.15, 0.2) is 0 Å². The van der Waals surface area contributed by atoms with Gasteiger partial charge >= 0.3 is 6.09 Å². The van der Waals surface area contributed by atoms with Crippen LogP contribution in [0.2, 0.25) is 0 Å². The Morgan fingerprint density at radius 1 is 1.16 bits per heavy atom. The van der Waals surface area contributed by atoms with Gasteiger partial charge in [-0.3, -0.25) is 4.18 Å². The summed E-state index contributed by atoms with van der Waals surface area (Å²) in [4.78, 5) is 12.5. The van der Waals surface area contributed by atoms with Crippen LogP contribution < -0.4 is 5.32 Å². The van der Waals surface area contributed by atoms with E-state index in [1.54, 1.807) is 0 Å². The fourth-order valence-corrected chi connectivity index (χ4v) is 6.86. The minimum atomic E-state index is -2.86. The molecular weight excluding hydrogens is 434 g/mol. The van der Waals surface area contributed by atoms with E-state index in [0.717, 1.165) is 19.3 Å². The molecule has 0 heterocycles. The van der Waals surface area contributed by atoms with Gasteiger partial charge in [0.05, 0.1) is 24.0 Å². The quantitative estimate of drug-likeness (QED) is 0.436. The first kappa shape index (κ1) is 28.6. The second kappa shape index (κ2) is 12.7. The van der Waals surface area contributed by atoms with E-state index in [1.807, 2.05) is 48.5 Å². The Morgan fingerprint density at radius 3 is 2.23 bits per heavy atom. The van der Waals surface area contributed by atoms with Gasteiger partial charge in [-0.2, -0.15) is 0 Å². The van der Waals surface area contributed by atoms with Gasteiger partial charge in [0.2, 0.25) is 0 Å². The number of rotatable bonds is 11. The van der Waals surface area contributed by atoms with Crippen molar-refractivity contribution in [1.29, 1.82) is 0 Å². The Labute approximate surface area is 195 Å². The number of alkyl carbamates (subject to hydrolysis) is 1. The van der Waals surface area contributed by atoms with Gasteiger partial charge in [-0.05, 0) is 65.2 Å². The van der Waals surface area contributed by atoms with Crippen molar-refractivity contribution in [3.05, 3.63) is 0 Å². The molecule has 0 aliphatic heterocycles. The highest BCUT2D eigenvalue weighted by Gasteiger charge is 2.31. The molecule has 1 fully saturated rings. The van der Waals surface area contributed by atoms with Crippen molar-refractivity contribution >= 4 is 26.1 Å². The zero-order valence-corrected chi connectivity index (χ0v) is 22.2. The SMILES string of the molecule is CC(C)OS(=O)(=S)C[C@@H](C[C@H](O)[C@H](CC1CCCCC1)NC(=O)OC(C)(C)C)C(C)C. The highest BCUT2D eigenvalue weighted by molar-refractivity contribution is 8.30. The normalized spacial score (nSPS) is 20.8. The number of ether oxygens (including phenoxy) is 1. The smallest absolute Gasteiger partial charge is 0.407 e. The fraction of sp³-hybridized carbons (Fsp3) is 0.957. The van der Waals surface area contributed by atoms with Crippen LogP contribution in [-0.4, -0.2) is 45.0 Å². The van der Waals surface area contributed by atoms with Crippen molar-refractivity contribution in [2.75, 3.05) is 5.75 Å². The lowest BCUT2D eigenvalue weighted by molar-refractivity contribution is 0.0345. The standard InChI is InChI=1S/C23H45NO5S2/c1-16(2)19(15-31(27,30)29-17(3)4)14-21(25)20(13-18-11-9-8-10-12-18)24-22(26)28-23(5,6)7/h16-21,25H,8-15H2,1-7H3,(H,24,26)/t19-,20+,21+,31?/m1/s1. The van der Waals surface area contributed by atoms with Crippen molar-refractivity contribution in [2.24, 2.45) is 17.8 Å². The molecule has 8 heteroatoms. The first-order valence-electron chi connectivity index (χ1n) is 11.8. The monoisotopic (exact) mass is 479 g/mol. The molecule has 0 saturated heterocycles. The minimum absolute atomic E-state index is 0.0759. The highest BCUT2D eigenvalue weighted by Crippen LogP contribution is 2.30. The molecule has 0 bridgehead atoms. The molecular formula is C23H45NO5S2. The second-order valence-electron chi connectivity index (χ2n) is 10.7. The van der Waals surface area contributed by atoms with E-state index in [4.69, 9.17) is 20.1 Å². The van der Waals surface area contributed by atoms with Gasteiger partial charge < -0.3 is 15.2 Å². The van der Waals surface area contributed by atoms with Crippen LogP contribution in [0.15, 0.2) is 0 Å². The molecule has 184 valence electrons. The van der Waals surface area contributed by atoms with E-state index >= 15 is 0 Å². The number of amides is 1. The molecule has 1 aliphatic rings. The summed E-state index contributed by atoms with van der Waals surface area (Å²) in [5.41, 5.74) is -0.604. The number of hydrogen-bond donors (Lipinski definition) is 2. The third-order valence-corrected chi connectivity index (χ3v) is 7.88. The predicted molar refractivity (Wildman–Crippen MR) is 130 cm³/mol. The molecule has 1 rings (SSSR count). The highest BCUT2D eigenvalue weighted by atomic mass is 32.8. The molecule has 0 aromatic rings. The van der Waals surface area contributed by atoms with Crippen LogP contribution in [0.3, 0.4) is 0 Å². The molecule has 2 N–H and O–H groups in total. The summed E-state index contributed by atoms with van der Waals surface area (Å²) >= 11 is 5.23. The third kappa shape index (κ3) is 12.4. The van der Waals surface area contributed by atoms with Gasteiger partial charge in [-0.1, -0.05) is 46.0 Å². The summed E-state index contributed by atoms with van der Waals surface area (Å²) in [6.45, 7) is 13.2. The number of aliphatic hydroxyl groups is 1. The number of nitrogens with one attached hydrogen (secondary N) is 1. The summed E-state index contributed by atoms with van der Waals surface area (Å²) < 4.78 is 23.6. The molecule has 31 heavy (non-hydrogen) atoms. The Hall–Kier alpha value is -0.440. The molecule has 1 amide bonds. The lowest BCUT2D eigenvalue weighted by atomic mass is 9.81. The van der Waals surface area contributed by atoms with E-state index in [1.165, 1.54) is 19.3 Å². The lowest BCUT2D eigenvalue weighted by Crippen LogP contribution is -2.47. The average Bonchev–Trinajstić information content (AvgIpc) is 2.58. The molecule has 1 saturated carbocycles. The maximum absolute atomic E-state index is 12.7. The average molecular weight is 480 g/mol. The summed E-state index contributed by atoms with van der Waals surface area (Å²) in [6.07, 6.45) is 5.51. The maximum Gasteiger partial charge on any atom is 0.407 e. The molecule has 0 aromatic carbocycles. The topological polar surface area (TPSA) is 84.9 Å². The number of hydrogen-bond acceptors (Lipinski definition) is 6. The molecule has 6 nitrogen and oxygen atoms in total. The second-order valence-corrected chi connectivity index (χ2v) is 13.8. The Bertz CT molecular complexity index is 637. The van der Waals surface area contributed by atoms with Crippen LogP contribution in [0.1, 0.15) is 93.4 Å². The summed E-state index contributed by atoms with van der Waals surface area (Å²) in [7, 11) is -2.86. The van der Waals surface area contributed by atoms with Gasteiger partial charge in [-0.25, -0.2) is 9.00 Å². The fourth-order valence-electron chi connectivity index (χ4n) is 4.15. The van der Waals surface area contributed by atoms with Gasteiger partial charge in [0, 0.05) is 11.2 Å². The van der Waals surface area contributed by atoms with E-state index in [-0.39, 0.29) is 23.7 Å². The van der Waals surface area contributed by atoms with Crippen molar-refractivity contribution in [1.82, 2.24) is 5.32 Å². The lowest BCUT2D eigenvalue weighted by Gasteiger charge is -2.33. The van der Waals surface area contributed by atoms with Gasteiger partial charge in [0.25, 0.3) is 0 Å². The van der Waals surface area contributed by atoms with E-state index < -0.39 is 32.6 Å². The minimum Gasteiger partial charge on any atom is -0.444 e. The van der Waals surface area contributed by atoms with Crippen LogP contribution in [0.25, 0.3) is 0 Å². The summed E-state index contributed by atoms with van der Waals surface area (Å²) in [5.74, 6) is 0.796. The summed E-state index contributed by atoms with van der Waals surface area (Å²) in [5, 5.41) is 14.1. The maximum atomic E-state index is 12.7. The van der Waals surface area contributed by atoms with Crippen LogP contribution in [-0.2, 0) is 28.9 Å². The molecule has 0 radical (unpaired) electrons. The molecule has 0 spiro atoms. The Balaban J connectivity index is 2.90. The van der Waals surface area contributed by atoms with Crippen molar-refractivity contribution in [2.45, 2.75) is 117 Å². The largest absolute Gasteiger partial charge is 0.444 e. The van der Waals surface area contributed by atoms with Crippen LogP contribution in [0.4, 0.5) is 4.79 Å². The van der Waals surface area contributed by atoms with Gasteiger partial charge in [0.1, 0.15) is 14.4 Å². The van der Waals surface area contributed by atoms with Crippen molar-refractivity contribution in [3.8, 4) is 0 Å². The third-order valence-electron chi connectivity index (χ3n) is 5.72. The summed E-state index contributed by atoms with van der Waals surface area (Å²) in [6, 6.07) is -0.411. The molecule has 1 unspecified atom stereocenters. The zero-order valence-electron chi connectivity index (χ0n) is 20.5. The molecule has 1 aliphatic carbocycles. The Morgan fingerprint density at radius 2 is 1.74 bits per heavy atom. The van der Waals surface area contributed by atoms with E-state index in [0.29, 0.717) is 12.3 Å². The van der Waals surface area contributed by atoms with E-state index in [2.05, 4.69) is 5.32 Å². The van der Waals surface area contributed by atoms with Crippen molar-refractivity contribution < 1.29 is 23.0 Å². The van der Waals surface area contributed by atoms with Crippen LogP contribution >= 0.6 is 0 Å². The van der Waals surface area contributed by atoms with Crippen LogP contribution in [0, 0.1) is 17.8 Å². The number of aliphatic hydroxyl groups excluding tert-OH is 1. The predicted octanol–water partition coefficient (Wildman–Crippen LogP) is 4.96. The number of carbonyl (C=O) groups excluding carboxylic acids is 1. The molecule has 4 atom stereocenters. The first-order chi connectivity index (χ1) is 14.2. The molecule has 0 aromatic heterocycles. The zero-order chi connectivity index (χ0) is 23.8. The van der Waals surface area contributed by atoms with Crippen molar-refractivity contribution in [3.63, 3.8) is 0 Å². The van der Waals surface area contributed by atoms with E-state index in [9.17, 15) is 14.1 Å².